The van der Waals surface area contributed by atoms with Crippen molar-refractivity contribution in [3.8, 4) is 0 Å². The lowest BCUT2D eigenvalue weighted by molar-refractivity contribution is -0.130. The van der Waals surface area contributed by atoms with Crippen LogP contribution in [0.2, 0.25) is 0 Å². The van der Waals surface area contributed by atoms with Crippen LogP contribution in [0.5, 0.6) is 0 Å². The summed E-state index contributed by atoms with van der Waals surface area (Å²) in [6.45, 7) is 9.85. The van der Waals surface area contributed by atoms with Gasteiger partial charge in [0.2, 0.25) is 11.8 Å². The summed E-state index contributed by atoms with van der Waals surface area (Å²) >= 11 is 0. The van der Waals surface area contributed by atoms with Crippen molar-refractivity contribution in [2.24, 2.45) is 5.73 Å². The molecule has 1 aliphatic rings. The van der Waals surface area contributed by atoms with Crippen LogP contribution in [-0.2, 0) is 9.59 Å². The Labute approximate surface area is 127 Å². The molecule has 21 heavy (non-hydrogen) atoms. The van der Waals surface area contributed by atoms with Crippen molar-refractivity contribution in [2.45, 2.75) is 64.6 Å². The molecule has 1 fully saturated rings. The Kier molecular flexibility index (Phi) is 6.61. The number of rotatable bonds is 7. The smallest absolute Gasteiger partial charge is 0.237 e. The molecule has 0 spiro atoms. The number of nitrogens with two attached hydrogens (primary N) is 1. The second-order valence-corrected chi connectivity index (χ2v) is 6.52. The summed E-state index contributed by atoms with van der Waals surface area (Å²) in [4.78, 5) is 25.8. The zero-order chi connectivity index (χ0) is 16.0. The minimum atomic E-state index is -0.386. The Morgan fingerprint density at radius 1 is 1.38 bits per heavy atom. The fourth-order valence-electron chi connectivity index (χ4n) is 2.58. The number of carbonyl (C=O) groups is 2. The van der Waals surface area contributed by atoms with E-state index in [2.05, 4.69) is 10.6 Å². The predicted octanol–water partition coefficient (Wildman–Crippen LogP) is 0.219. The molecule has 0 aromatic heterocycles. The molecule has 0 saturated carbocycles. The highest BCUT2D eigenvalue weighted by Gasteiger charge is 2.32. The molecule has 1 rings (SSSR count). The number of nitrogens with one attached hydrogen (secondary N) is 2. The topological polar surface area (TPSA) is 87.5 Å². The first-order valence-corrected chi connectivity index (χ1v) is 7.83. The van der Waals surface area contributed by atoms with Gasteiger partial charge in [0.15, 0.2) is 0 Å². The van der Waals surface area contributed by atoms with Crippen LogP contribution in [-0.4, -0.2) is 54.0 Å². The maximum atomic E-state index is 12.5. The van der Waals surface area contributed by atoms with Crippen molar-refractivity contribution in [3.63, 3.8) is 0 Å². The van der Waals surface area contributed by atoms with Crippen LogP contribution in [0.4, 0.5) is 0 Å². The van der Waals surface area contributed by atoms with Gasteiger partial charge in [-0.2, -0.15) is 0 Å². The monoisotopic (exact) mass is 298 g/mol. The lowest BCUT2D eigenvalue weighted by Crippen LogP contribution is -2.57. The second-order valence-electron chi connectivity index (χ2n) is 6.52. The van der Waals surface area contributed by atoms with Gasteiger partial charge in [0.05, 0.1) is 12.6 Å². The van der Waals surface area contributed by atoms with Crippen molar-refractivity contribution in [1.82, 2.24) is 15.5 Å². The van der Waals surface area contributed by atoms with Crippen molar-refractivity contribution in [3.05, 3.63) is 0 Å². The number of hydrogen-bond donors (Lipinski definition) is 3. The van der Waals surface area contributed by atoms with E-state index >= 15 is 0 Å². The standard InChI is InChI=1S/C15H30N4O2/c1-5-15(3,4)18-14(21)11(2)19(10-13(16)20)12-6-8-17-9-7-12/h11-12,17H,5-10H2,1-4H3,(H2,16,20)(H,18,21). The van der Waals surface area contributed by atoms with Crippen LogP contribution in [0, 0.1) is 0 Å². The molecule has 0 aromatic rings. The Hall–Kier alpha value is -1.14. The molecule has 6 nitrogen and oxygen atoms in total. The van der Waals surface area contributed by atoms with Crippen LogP contribution in [0.3, 0.4) is 0 Å². The lowest BCUT2D eigenvalue weighted by atomic mass is 9.99. The average molecular weight is 298 g/mol. The molecule has 0 bridgehead atoms. The van der Waals surface area contributed by atoms with Crippen LogP contribution in [0.1, 0.15) is 47.0 Å². The molecule has 1 atom stereocenters. The predicted molar refractivity (Wildman–Crippen MR) is 83.8 cm³/mol. The van der Waals surface area contributed by atoms with Crippen molar-refractivity contribution in [2.75, 3.05) is 19.6 Å². The number of amides is 2. The molecule has 0 aromatic carbocycles. The average Bonchev–Trinajstić information content (AvgIpc) is 2.44. The minimum Gasteiger partial charge on any atom is -0.369 e. The van der Waals surface area contributed by atoms with Gasteiger partial charge in [0.1, 0.15) is 0 Å². The number of carbonyl (C=O) groups excluding carboxylic acids is 2. The summed E-state index contributed by atoms with van der Waals surface area (Å²) in [5, 5.41) is 6.35. The highest BCUT2D eigenvalue weighted by Crippen LogP contribution is 2.16. The Bertz CT molecular complexity index is 365. The normalized spacial score (nSPS) is 18.5. The van der Waals surface area contributed by atoms with E-state index in [1.54, 1.807) is 0 Å². The summed E-state index contributed by atoms with van der Waals surface area (Å²) in [5.74, 6) is -0.426. The van der Waals surface area contributed by atoms with E-state index in [0.717, 1.165) is 32.4 Å². The molecular weight excluding hydrogens is 268 g/mol. The number of nitrogens with zero attached hydrogens (tertiary/aromatic N) is 1. The molecule has 0 aliphatic carbocycles. The number of piperidine rings is 1. The van der Waals surface area contributed by atoms with E-state index in [9.17, 15) is 9.59 Å². The van der Waals surface area contributed by atoms with Crippen LogP contribution in [0.25, 0.3) is 0 Å². The van der Waals surface area contributed by atoms with Gasteiger partial charge in [0, 0.05) is 11.6 Å². The van der Waals surface area contributed by atoms with Crippen LogP contribution >= 0.6 is 0 Å². The summed E-state index contributed by atoms with van der Waals surface area (Å²) in [6, 6.07) is -0.129. The van der Waals surface area contributed by atoms with Crippen molar-refractivity contribution < 1.29 is 9.59 Å². The second kappa shape index (κ2) is 7.75. The largest absolute Gasteiger partial charge is 0.369 e. The van der Waals surface area contributed by atoms with E-state index in [-0.39, 0.29) is 36.0 Å². The zero-order valence-corrected chi connectivity index (χ0v) is 13.7. The molecule has 1 unspecified atom stereocenters. The van der Waals surface area contributed by atoms with Gasteiger partial charge in [-0.25, -0.2) is 0 Å². The van der Waals surface area contributed by atoms with E-state index in [1.165, 1.54) is 0 Å². The maximum Gasteiger partial charge on any atom is 0.237 e. The Morgan fingerprint density at radius 3 is 2.43 bits per heavy atom. The van der Waals surface area contributed by atoms with Crippen molar-refractivity contribution in [1.29, 1.82) is 0 Å². The van der Waals surface area contributed by atoms with E-state index in [1.807, 2.05) is 32.6 Å². The first-order valence-electron chi connectivity index (χ1n) is 7.83. The SMILES string of the molecule is CCC(C)(C)NC(=O)C(C)N(CC(N)=O)C1CCNCC1. The minimum absolute atomic E-state index is 0.0402. The molecule has 1 saturated heterocycles. The fraction of sp³-hybridized carbons (Fsp3) is 0.867. The third kappa shape index (κ3) is 5.63. The van der Waals surface area contributed by atoms with Crippen LogP contribution in [0.15, 0.2) is 0 Å². The fourth-order valence-corrected chi connectivity index (χ4v) is 2.58. The van der Waals surface area contributed by atoms with E-state index < -0.39 is 0 Å². The van der Waals surface area contributed by atoms with Gasteiger partial charge in [-0.1, -0.05) is 6.92 Å². The zero-order valence-electron chi connectivity index (χ0n) is 13.7. The van der Waals surface area contributed by atoms with Gasteiger partial charge < -0.3 is 16.4 Å². The van der Waals surface area contributed by atoms with E-state index in [4.69, 9.17) is 5.73 Å². The third-order valence-electron chi connectivity index (χ3n) is 4.34. The molecule has 1 aliphatic heterocycles. The third-order valence-corrected chi connectivity index (χ3v) is 4.34. The quantitative estimate of drug-likeness (QED) is 0.627. The van der Waals surface area contributed by atoms with Gasteiger partial charge in [-0.05, 0) is 53.1 Å². The molecule has 6 heteroatoms. The highest BCUT2D eigenvalue weighted by molar-refractivity contribution is 5.83. The molecule has 1 heterocycles. The summed E-state index contributed by atoms with van der Waals surface area (Å²) in [7, 11) is 0. The first kappa shape index (κ1) is 17.9. The lowest BCUT2D eigenvalue weighted by Gasteiger charge is -2.38. The van der Waals surface area contributed by atoms with Gasteiger partial charge in [-0.3, -0.25) is 14.5 Å². The molecule has 122 valence electrons. The summed E-state index contributed by atoms with van der Waals surface area (Å²) < 4.78 is 0. The molecular formula is C15H30N4O2. The number of primary amides is 1. The first-order chi connectivity index (χ1) is 9.76. The van der Waals surface area contributed by atoms with Gasteiger partial charge >= 0.3 is 0 Å². The maximum absolute atomic E-state index is 12.5. The highest BCUT2D eigenvalue weighted by atomic mass is 16.2. The number of hydrogen-bond acceptors (Lipinski definition) is 4. The molecule has 0 radical (unpaired) electrons. The Balaban J connectivity index is 2.76. The van der Waals surface area contributed by atoms with E-state index in [0.29, 0.717) is 0 Å². The summed E-state index contributed by atoms with van der Waals surface area (Å²) in [5.41, 5.74) is 5.13. The summed E-state index contributed by atoms with van der Waals surface area (Å²) in [6.07, 6.45) is 2.72. The Morgan fingerprint density at radius 2 is 1.95 bits per heavy atom. The molecule has 4 N–H and O–H groups in total. The van der Waals surface area contributed by atoms with Crippen molar-refractivity contribution >= 4 is 11.8 Å². The molecule has 2 amide bonds. The van der Waals surface area contributed by atoms with Gasteiger partial charge in [-0.15, -0.1) is 0 Å². The van der Waals surface area contributed by atoms with Crippen LogP contribution < -0.4 is 16.4 Å². The van der Waals surface area contributed by atoms with Gasteiger partial charge in [0.25, 0.3) is 0 Å².